The fourth-order valence-corrected chi connectivity index (χ4v) is 4.28. The van der Waals surface area contributed by atoms with Crippen molar-refractivity contribution in [2.24, 2.45) is 5.92 Å². The summed E-state index contributed by atoms with van der Waals surface area (Å²) in [6.07, 6.45) is 1.70. The van der Waals surface area contributed by atoms with E-state index in [1.54, 1.807) is 17.0 Å². The number of fused-ring (bicyclic) bond motifs is 2. The lowest BCUT2D eigenvalue weighted by molar-refractivity contribution is -0.624. The minimum absolute atomic E-state index is 0.105. The number of likely N-dealkylation sites (tertiary alicyclic amines) is 1. The average Bonchev–Trinajstić information content (AvgIpc) is 2.59. The molecule has 2 bridgehead atoms. The molecule has 1 aliphatic carbocycles. The van der Waals surface area contributed by atoms with Crippen LogP contribution in [0, 0.1) is 26.1 Å². The van der Waals surface area contributed by atoms with E-state index in [-0.39, 0.29) is 19.6 Å². The van der Waals surface area contributed by atoms with E-state index in [0.717, 1.165) is 17.7 Å². The van der Waals surface area contributed by atoms with Crippen molar-refractivity contribution in [1.29, 1.82) is 0 Å². The Morgan fingerprint density at radius 1 is 1.19 bits per heavy atom. The van der Waals surface area contributed by atoms with Crippen LogP contribution in [0.5, 0.6) is 0 Å². The van der Waals surface area contributed by atoms with Crippen LogP contribution in [-0.2, 0) is 16.1 Å². The van der Waals surface area contributed by atoms with Crippen molar-refractivity contribution < 1.29 is 19.4 Å². The number of nitrogens with zero attached hydrogens (tertiary/aromatic N) is 3. The summed E-state index contributed by atoms with van der Waals surface area (Å²) >= 11 is 0. The summed E-state index contributed by atoms with van der Waals surface area (Å²) in [5, 5.41) is 24.1. The molecule has 27 heavy (non-hydrogen) atoms. The molecule has 1 fully saturated rings. The lowest BCUT2D eigenvalue weighted by Crippen LogP contribution is -2.75. The fraction of sp³-hybridized carbons (Fsp3) is 0.444. The number of rotatable bonds is 6. The van der Waals surface area contributed by atoms with Crippen LogP contribution in [0.4, 0.5) is 0 Å². The Kier molecular flexibility index (Phi) is 4.64. The molecule has 142 valence electrons. The highest BCUT2D eigenvalue weighted by Crippen LogP contribution is 2.46. The number of piperidine rings is 1. The van der Waals surface area contributed by atoms with Crippen molar-refractivity contribution in [3.8, 4) is 0 Å². The number of carbonyl (C=O) groups is 2. The quantitative estimate of drug-likeness (QED) is 0.543. The first-order valence-corrected chi connectivity index (χ1v) is 8.51. The second kappa shape index (κ2) is 6.66. The molecule has 0 spiro atoms. The third-order valence-corrected chi connectivity index (χ3v) is 5.48. The molecule has 1 aromatic rings. The fourth-order valence-electron chi connectivity index (χ4n) is 4.28. The minimum Gasteiger partial charge on any atom is -0.300 e. The van der Waals surface area contributed by atoms with Crippen molar-refractivity contribution in [2.45, 2.75) is 31.0 Å². The SMILES string of the molecule is CC(=O)C[C@@H]1[C@]2([N+](=O)[O-])C=CC(=O)[C@@]1([N+](=O)[O-])CN(Cc1ccccc1)C2. The maximum absolute atomic E-state index is 12.6. The van der Waals surface area contributed by atoms with Gasteiger partial charge in [0.15, 0.2) is 0 Å². The highest BCUT2D eigenvalue weighted by molar-refractivity contribution is 5.99. The summed E-state index contributed by atoms with van der Waals surface area (Å²) in [6.45, 7) is 1.08. The first kappa shape index (κ1) is 18.8. The Hall–Kier alpha value is -2.94. The van der Waals surface area contributed by atoms with E-state index in [1.165, 1.54) is 6.92 Å². The smallest absolute Gasteiger partial charge is 0.300 e. The van der Waals surface area contributed by atoms with Gasteiger partial charge in [-0.2, -0.15) is 0 Å². The van der Waals surface area contributed by atoms with E-state index in [0.29, 0.717) is 0 Å². The van der Waals surface area contributed by atoms with Gasteiger partial charge in [0, 0.05) is 22.8 Å². The molecule has 3 rings (SSSR count). The Labute approximate surface area is 154 Å². The molecule has 9 nitrogen and oxygen atoms in total. The molecule has 0 saturated carbocycles. The van der Waals surface area contributed by atoms with Gasteiger partial charge in [0.05, 0.1) is 13.1 Å². The molecule has 0 amide bonds. The summed E-state index contributed by atoms with van der Waals surface area (Å²) in [5.74, 6) is -2.54. The Morgan fingerprint density at radius 3 is 2.41 bits per heavy atom. The second-order valence-corrected chi connectivity index (χ2v) is 7.22. The molecular weight excluding hydrogens is 354 g/mol. The summed E-state index contributed by atoms with van der Waals surface area (Å²) in [5.41, 5.74) is -3.24. The van der Waals surface area contributed by atoms with Crippen molar-refractivity contribution in [2.75, 3.05) is 13.1 Å². The lowest BCUT2D eigenvalue weighted by Gasteiger charge is -2.48. The Bertz CT molecular complexity index is 839. The van der Waals surface area contributed by atoms with Gasteiger partial charge in [0.2, 0.25) is 5.78 Å². The van der Waals surface area contributed by atoms with Gasteiger partial charge >= 0.3 is 5.54 Å². The number of hydrogen-bond donors (Lipinski definition) is 0. The zero-order valence-electron chi connectivity index (χ0n) is 14.7. The molecule has 1 aromatic carbocycles. The Morgan fingerprint density at radius 2 is 1.85 bits per heavy atom. The molecule has 9 heteroatoms. The van der Waals surface area contributed by atoms with Gasteiger partial charge in [-0.25, -0.2) is 0 Å². The highest BCUT2D eigenvalue weighted by atomic mass is 16.6. The van der Waals surface area contributed by atoms with Crippen LogP contribution in [-0.4, -0.2) is 50.5 Å². The molecule has 1 aliphatic heterocycles. The van der Waals surface area contributed by atoms with Crippen molar-refractivity contribution in [3.05, 3.63) is 68.3 Å². The maximum atomic E-state index is 12.6. The molecule has 2 aliphatic rings. The van der Waals surface area contributed by atoms with Crippen LogP contribution in [0.3, 0.4) is 0 Å². The largest absolute Gasteiger partial charge is 0.305 e. The van der Waals surface area contributed by atoms with Crippen molar-refractivity contribution in [1.82, 2.24) is 4.90 Å². The lowest BCUT2D eigenvalue weighted by atomic mass is 9.61. The summed E-state index contributed by atoms with van der Waals surface area (Å²) in [7, 11) is 0. The van der Waals surface area contributed by atoms with Crippen molar-refractivity contribution in [3.63, 3.8) is 0 Å². The first-order chi connectivity index (χ1) is 12.7. The van der Waals surface area contributed by atoms with Crippen LogP contribution >= 0.6 is 0 Å². The van der Waals surface area contributed by atoms with E-state index in [9.17, 15) is 29.8 Å². The van der Waals surface area contributed by atoms with Gasteiger partial charge in [0.1, 0.15) is 11.7 Å². The molecule has 3 atom stereocenters. The van der Waals surface area contributed by atoms with E-state index in [4.69, 9.17) is 0 Å². The molecule has 0 aromatic heterocycles. The molecule has 1 saturated heterocycles. The number of ketones is 2. The first-order valence-electron chi connectivity index (χ1n) is 8.51. The van der Waals surface area contributed by atoms with Gasteiger partial charge in [-0.3, -0.25) is 29.9 Å². The summed E-state index contributed by atoms with van der Waals surface area (Å²) in [6, 6.07) is 9.05. The normalized spacial score (nSPS) is 30.1. The average molecular weight is 373 g/mol. The Balaban J connectivity index is 2.11. The van der Waals surface area contributed by atoms with Gasteiger partial charge in [-0.05, 0) is 24.6 Å². The predicted octanol–water partition coefficient (Wildman–Crippen LogP) is 1.27. The zero-order valence-corrected chi connectivity index (χ0v) is 14.7. The number of nitro groups is 2. The number of benzene rings is 1. The van der Waals surface area contributed by atoms with Crippen LogP contribution in [0.2, 0.25) is 0 Å². The molecular formula is C18H19N3O6. The van der Waals surface area contributed by atoms with Gasteiger partial charge < -0.3 is 4.79 Å². The molecule has 0 N–H and O–H groups in total. The van der Waals surface area contributed by atoms with Gasteiger partial charge in [0.25, 0.3) is 5.54 Å². The highest BCUT2D eigenvalue weighted by Gasteiger charge is 2.73. The van der Waals surface area contributed by atoms with Gasteiger partial charge in [-0.15, -0.1) is 0 Å². The van der Waals surface area contributed by atoms with E-state index < -0.39 is 44.8 Å². The number of carbonyl (C=O) groups excluding carboxylic acids is 2. The third-order valence-electron chi connectivity index (χ3n) is 5.48. The van der Waals surface area contributed by atoms with E-state index in [1.807, 2.05) is 18.2 Å². The predicted molar refractivity (Wildman–Crippen MR) is 94.1 cm³/mol. The minimum atomic E-state index is -2.21. The standard InChI is InChI=1S/C18H19N3O6/c1-13(22)9-15-17(20(24)25)8-7-16(23)18(15,21(26)27)12-19(11-17)10-14-5-3-2-4-6-14/h2-8,15H,9-12H2,1H3/t15-,17+,18-/m1/s1. The molecule has 1 heterocycles. The molecule has 0 unspecified atom stereocenters. The number of hydrogen-bond acceptors (Lipinski definition) is 7. The van der Waals surface area contributed by atoms with Crippen LogP contribution < -0.4 is 0 Å². The van der Waals surface area contributed by atoms with Gasteiger partial charge in [-0.1, -0.05) is 30.3 Å². The summed E-state index contributed by atoms with van der Waals surface area (Å²) < 4.78 is 0. The van der Waals surface area contributed by atoms with Crippen molar-refractivity contribution >= 4 is 11.6 Å². The number of Topliss-reactive ketones (excluding diaryl/α,β-unsaturated/α-hetero) is 1. The van der Waals surface area contributed by atoms with Crippen LogP contribution in [0.15, 0.2) is 42.5 Å². The zero-order chi connectivity index (χ0) is 19.8. The van der Waals surface area contributed by atoms with Crippen LogP contribution in [0.25, 0.3) is 0 Å². The van der Waals surface area contributed by atoms with Crippen LogP contribution in [0.1, 0.15) is 18.9 Å². The topological polar surface area (TPSA) is 124 Å². The maximum Gasteiger partial charge on any atom is 0.305 e. The second-order valence-electron chi connectivity index (χ2n) is 7.22. The van der Waals surface area contributed by atoms with E-state index >= 15 is 0 Å². The monoisotopic (exact) mass is 373 g/mol. The molecule has 0 radical (unpaired) electrons. The third kappa shape index (κ3) is 2.93. The van der Waals surface area contributed by atoms with E-state index in [2.05, 4.69) is 0 Å². The summed E-state index contributed by atoms with van der Waals surface area (Å²) in [4.78, 5) is 48.7.